The largest absolute Gasteiger partial charge is 2.00 e. The van der Waals surface area contributed by atoms with Crippen LogP contribution in [0.2, 0.25) is 0 Å². The fourth-order valence-electron chi connectivity index (χ4n) is 6.60. The number of hydrogen-bond acceptors (Lipinski definition) is 2. The van der Waals surface area contributed by atoms with Gasteiger partial charge in [-0.2, -0.15) is 36.4 Å². The van der Waals surface area contributed by atoms with Crippen molar-refractivity contribution in [2.45, 2.75) is 0 Å². The summed E-state index contributed by atoms with van der Waals surface area (Å²) in [5.41, 5.74) is 9.35. The predicted molar refractivity (Wildman–Crippen MR) is 192 cm³/mol. The van der Waals surface area contributed by atoms with Gasteiger partial charge in [0.25, 0.3) is 0 Å². The molecule has 8 aromatic carbocycles. The number of para-hydroxylation sites is 1. The number of hydrogen-bond donors (Lipinski definition) is 0. The van der Waals surface area contributed by atoms with E-state index in [1.807, 2.05) is 30.3 Å². The number of nitrogens with zero attached hydrogens (tertiary/aromatic N) is 1. The standard InChI is InChI=1S/C44H27NO.U/c1-2-9-30(10-3-1)31-19-22-36(23-20-31)45(38-25-26-42-41-14-6-7-16-43(41)46-44(42)29-38)37-24-21-33-27-35(18-17-34(33)28-37)40-15-8-12-32-11-4-5-13-39(32)40;/h1-9,11-19,21-29H;/q-2;+2. The van der Waals surface area contributed by atoms with Crippen molar-refractivity contribution in [3.63, 3.8) is 0 Å². The summed E-state index contributed by atoms with van der Waals surface area (Å²) in [5.74, 6) is 0. The summed E-state index contributed by atoms with van der Waals surface area (Å²) in [7, 11) is 0. The van der Waals surface area contributed by atoms with Gasteiger partial charge in [-0.1, -0.05) is 78.9 Å². The van der Waals surface area contributed by atoms with E-state index in [0.29, 0.717) is 0 Å². The van der Waals surface area contributed by atoms with Gasteiger partial charge in [0.05, 0.1) is 0 Å². The van der Waals surface area contributed by atoms with Gasteiger partial charge in [-0.3, -0.25) is 0 Å². The van der Waals surface area contributed by atoms with Gasteiger partial charge < -0.3 is 9.32 Å². The average molecular weight is 824 g/mol. The molecule has 0 N–H and O–H groups in total. The Morgan fingerprint density at radius 3 is 2.02 bits per heavy atom. The van der Waals surface area contributed by atoms with Crippen LogP contribution >= 0.6 is 0 Å². The summed E-state index contributed by atoms with van der Waals surface area (Å²) in [6.45, 7) is 0. The first-order valence-corrected chi connectivity index (χ1v) is 15.5. The third-order valence-corrected chi connectivity index (χ3v) is 8.86. The molecule has 47 heavy (non-hydrogen) atoms. The second kappa shape index (κ2) is 12.3. The molecule has 0 unspecified atom stereocenters. The molecule has 2 nitrogen and oxygen atoms in total. The van der Waals surface area contributed by atoms with Crippen molar-refractivity contribution in [1.29, 1.82) is 0 Å². The Bertz CT molecular complexity index is 2530. The molecule has 0 saturated heterocycles. The summed E-state index contributed by atoms with van der Waals surface area (Å²) in [6.07, 6.45) is 0. The van der Waals surface area contributed by atoms with E-state index in [-0.39, 0.29) is 31.1 Å². The Labute approximate surface area is 297 Å². The van der Waals surface area contributed by atoms with Gasteiger partial charge in [0.1, 0.15) is 11.2 Å². The SMILES string of the molecule is [U+2].[c-]1ccccc1-c1[c-]cc(N(c2ccc3cc(-c4cccc5ccccc45)ccc3c2)c2ccc3c(c2)oc2ccccc23)cc1. The molecule has 0 aliphatic heterocycles. The fourth-order valence-corrected chi connectivity index (χ4v) is 6.60. The third-order valence-electron chi connectivity index (χ3n) is 8.86. The number of furan rings is 1. The van der Waals surface area contributed by atoms with Crippen LogP contribution < -0.4 is 4.90 Å². The minimum absolute atomic E-state index is 0. The van der Waals surface area contributed by atoms with Gasteiger partial charge in [0.2, 0.25) is 0 Å². The molecule has 0 aliphatic carbocycles. The van der Waals surface area contributed by atoms with Crippen LogP contribution in [0, 0.1) is 43.2 Å². The zero-order valence-corrected chi connectivity index (χ0v) is 29.6. The Balaban J connectivity index is 0.00000324. The molecule has 0 amide bonds. The van der Waals surface area contributed by atoms with E-state index < -0.39 is 0 Å². The number of anilines is 3. The van der Waals surface area contributed by atoms with E-state index in [4.69, 9.17) is 4.42 Å². The smallest absolute Gasteiger partial charge is 0.456 e. The van der Waals surface area contributed by atoms with Crippen LogP contribution in [0.4, 0.5) is 17.1 Å². The molecule has 1 aromatic heterocycles. The Morgan fingerprint density at radius 2 is 1.15 bits per heavy atom. The van der Waals surface area contributed by atoms with Gasteiger partial charge in [-0.05, 0) is 74.8 Å². The average Bonchev–Trinajstić information content (AvgIpc) is 3.50. The van der Waals surface area contributed by atoms with E-state index >= 15 is 0 Å². The second-order valence-electron chi connectivity index (χ2n) is 11.6. The van der Waals surface area contributed by atoms with Crippen molar-refractivity contribution in [1.82, 2.24) is 0 Å². The van der Waals surface area contributed by atoms with E-state index in [1.165, 1.54) is 32.7 Å². The van der Waals surface area contributed by atoms with E-state index in [9.17, 15) is 0 Å². The quantitative estimate of drug-likeness (QED) is 0.161. The molecular weight excluding hydrogens is 797 g/mol. The van der Waals surface area contributed by atoms with Crippen LogP contribution in [-0.2, 0) is 0 Å². The molecule has 0 saturated carbocycles. The van der Waals surface area contributed by atoms with Crippen LogP contribution in [0.1, 0.15) is 0 Å². The van der Waals surface area contributed by atoms with Crippen LogP contribution in [0.25, 0.3) is 65.7 Å². The molecule has 9 aromatic rings. The van der Waals surface area contributed by atoms with Crippen molar-refractivity contribution in [2.24, 2.45) is 0 Å². The van der Waals surface area contributed by atoms with E-state index in [2.05, 4.69) is 150 Å². The minimum atomic E-state index is 0. The van der Waals surface area contributed by atoms with Crippen molar-refractivity contribution < 1.29 is 35.5 Å². The molecule has 0 aliphatic rings. The second-order valence-corrected chi connectivity index (χ2v) is 11.6. The minimum Gasteiger partial charge on any atom is -0.456 e. The molecule has 1 heterocycles. The van der Waals surface area contributed by atoms with Gasteiger partial charge >= 0.3 is 31.1 Å². The zero-order valence-electron chi connectivity index (χ0n) is 25.4. The molecular formula is C44H27NOU. The van der Waals surface area contributed by atoms with Gasteiger partial charge in [0, 0.05) is 28.2 Å². The Hall–Kier alpha value is -5.07. The van der Waals surface area contributed by atoms with Crippen LogP contribution in [-0.4, -0.2) is 0 Å². The zero-order chi connectivity index (χ0) is 30.5. The predicted octanol–water partition coefficient (Wildman–Crippen LogP) is 12.3. The molecule has 218 valence electrons. The fraction of sp³-hybridized carbons (Fsp3) is 0. The maximum absolute atomic E-state index is 6.31. The van der Waals surface area contributed by atoms with Gasteiger partial charge in [-0.15, -0.1) is 18.2 Å². The maximum Gasteiger partial charge on any atom is 2.00 e. The van der Waals surface area contributed by atoms with Crippen LogP contribution in [0.5, 0.6) is 0 Å². The summed E-state index contributed by atoms with van der Waals surface area (Å²) in [5, 5.41) is 7.13. The van der Waals surface area contributed by atoms with E-state index in [0.717, 1.165) is 50.1 Å². The first-order chi connectivity index (χ1) is 22.8. The summed E-state index contributed by atoms with van der Waals surface area (Å²) in [4.78, 5) is 2.28. The Morgan fingerprint density at radius 1 is 0.447 bits per heavy atom. The summed E-state index contributed by atoms with van der Waals surface area (Å²) < 4.78 is 6.31. The topological polar surface area (TPSA) is 16.4 Å². The first kappa shape index (κ1) is 29.3. The molecule has 0 radical (unpaired) electrons. The molecule has 0 atom stereocenters. The third kappa shape index (κ3) is 5.33. The van der Waals surface area contributed by atoms with Crippen molar-refractivity contribution >= 4 is 60.5 Å². The van der Waals surface area contributed by atoms with Crippen LogP contribution in [0.3, 0.4) is 0 Å². The molecule has 0 spiro atoms. The molecule has 3 heteroatoms. The maximum atomic E-state index is 6.31. The van der Waals surface area contributed by atoms with Gasteiger partial charge in [-0.25, -0.2) is 11.1 Å². The Kier molecular flexibility index (Phi) is 7.66. The van der Waals surface area contributed by atoms with Crippen molar-refractivity contribution in [3.8, 4) is 22.3 Å². The van der Waals surface area contributed by atoms with Crippen LogP contribution in [0.15, 0.2) is 168 Å². The molecule has 0 fully saturated rings. The first-order valence-electron chi connectivity index (χ1n) is 15.5. The number of rotatable bonds is 5. The van der Waals surface area contributed by atoms with Gasteiger partial charge in [0.15, 0.2) is 0 Å². The van der Waals surface area contributed by atoms with Crippen molar-refractivity contribution in [2.75, 3.05) is 4.90 Å². The number of fused-ring (bicyclic) bond motifs is 5. The monoisotopic (exact) mass is 823 g/mol. The number of benzene rings is 8. The summed E-state index contributed by atoms with van der Waals surface area (Å²) >= 11 is 0. The normalized spacial score (nSPS) is 11.2. The summed E-state index contributed by atoms with van der Waals surface area (Å²) in [6, 6.07) is 64.4. The molecule has 0 bridgehead atoms. The van der Waals surface area contributed by atoms with Crippen molar-refractivity contribution in [3.05, 3.63) is 176 Å². The van der Waals surface area contributed by atoms with E-state index in [1.54, 1.807) is 0 Å². The molecule has 9 rings (SSSR count).